The molecule has 2 rings (SSSR count). The number of carbonyl (C=O) groups excluding carboxylic acids is 2. The van der Waals surface area contributed by atoms with Crippen molar-refractivity contribution >= 4 is 35.1 Å². The number of piperidine rings is 1. The van der Waals surface area contributed by atoms with Crippen molar-refractivity contribution < 1.29 is 23.9 Å². The number of anilines is 1. The van der Waals surface area contributed by atoms with Crippen LogP contribution in [0, 0.1) is 17.7 Å². The van der Waals surface area contributed by atoms with E-state index in [9.17, 15) is 18.8 Å². The smallest absolute Gasteiger partial charge is 0.315 e. The van der Waals surface area contributed by atoms with E-state index in [-0.39, 0.29) is 16.8 Å². The van der Waals surface area contributed by atoms with E-state index in [2.05, 4.69) is 5.32 Å². The number of halogens is 2. The summed E-state index contributed by atoms with van der Waals surface area (Å²) in [7, 11) is 0. The number of amides is 2. The molecule has 8 heteroatoms. The summed E-state index contributed by atoms with van der Waals surface area (Å²) < 4.78 is 13.1. The molecule has 0 aromatic heterocycles. The summed E-state index contributed by atoms with van der Waals surface area (Å²) in [5.74, 6) is -3.76. The molecule has 2 N–H and O–H groups in total. The molecule has 24 heavy (non-hydrogen) atoms. The molecule has 0 spiro atoms. The first kappa shape index (κ1) is 18.2. The molecule has 1 aliphatic heterocycles. The average molecular weight is 357 g/mol. The van der Waals surface area contributed by atoms with Crippen molar-refractivity contribution in [2.24, 2.45) is 11.8 Å². The molecular formula is C16H18ClFN2O4. The van der Waals surface area contributed by atoms with Crippen LogP contribution in [-0.4, -0.2) is 40.9 Å². The van der Waals surface area contributed by atoms with Crippen LogP contribution in [0.5, 0.6) is 0 Å². The predicted octanol–water partition coefficient (Wildman–Crippen LogP) is 2.38. The van der Waals surface area contributed by atoms with Gasteiger partial charge in [0.15, 0.2) is 0 Å². The molecule has 1 saturated heterocycles. The predicted molar refractivity (Wildman–Crippen MR) is 86.1 cm³/mol. The van der Waals surface area contributed by atoms with Crippen molar-refractivity contribution in [3.63, 3.8) is 0 Å². The largest absolute Gasteiger partial charge is 0.481 e. The van der Waals surface area contributed by atoms with Gasteiger partial charge < -0.3 is 15.3 Å². The van der Waals surface area contributed by atoms with Crippen LogP contribution >= 0.6 is 11.6 Å². The molecule has 1 unspecified atom stereocenters. The van der Waals surface area contributed by atoms with Crippen molar-refractivity contribution in [1.82, 2.24) is 4.90 Å². The topological polar surface area (TPSA) is 86.7 Å². The van der Waals surface area contributed by atoms with Crippen molar-refractivity contribution in [2.45, 2.75) is 19.8 Å². The number of likely N-dealkylation sites (tertiary alicyclic amines) is 1. The summed E-state index contributed by atoms with van der Waals surface area (Å²) in [6, 6.07) is 3.93. The quantitative estimate of drug-likeness (QED) is 0.811. The lowest BCUT2D eigenvalue weighted by molar-refractivity contribution is -0.151. The number of hydrogen-bond acceptors (Lipinski definition) is 3. The molecule has 1 aliphatic rings. The molecule has 1 fully saturated rings. The van der Waals surface area contributed by atoms with Crippen LogP contribution in [0.1, 0.15) is 19.8 Å². The maximum atomic E-state index is 13.1. The monoisotopic (exact) mass is 356 g/mol. The van der Waals surface area contributed by atoms with Gasteiger partial charge in [0.25, 0.3) is 0 Å². The highest BCUT2D eigenvalue weighted by molar-refractivity contribution is 6.31. The third kappa shape index (κ3) is 4.23. The number of carboxylic acids is 1. The maximum Gasteiger partial charge on any atom is 0.315 e. The first-order chi connectivity index (χ1) is 11.3. The average Bonchev–Trinajstić information content (AvgIpc) is 2.56. The zero-order valence-corrected chi connectivity index (χ0v) is 13.8. The normalized spacial score (nSPS) is 16.5. The molecule has 1 heterocycles. The molecule has 130 valence electrons. The van der Waals surface area contributed by atoms with Gasteiger partial charge in [0.05, 0.1) is 5.02 Å². The minimum absolute atomic E-state index is 0.0733. The molecule has 1 aromatic carbocycles. The third-order valence-corrected chi connectivity index (χ3v) is 4.40. The van der Waals surface area contributed by atoms with E-state index in [0.717, 1.165) is 0 Å². The highest BCUT2D eigenvalue weighted by Gasteiger charge is 2.31. The standard InChI is InChI=1S/C16H18ClFN2O4/c1-9(16(23)24)15(22)20-6-4-10(5-7-20)14(21)19-11-2-3-13(18)12(17)8-11/h2-3,8-10H,4-7H2,1H3,(H,19,21)(H,23,24). The van der Waals surface area contributed by atoms with Crippen LogP contribution < -0.4 is 5.32 Å². The van der Waals surface area contributed by atoms with E-state index in [0.29, 0.717) is 31.6 Å². The second-order valence-corrected chi connectivity index (χ2v) is 6.18. The van der Waals surface area contributed by atoms with E-state index < -0.39 is 23.6 Å². The molecule has 6 nitrogen and oxygen atoms in total. The summed E-state index contributed by atoms with van der Waals surface area (Å²) >= 11 is 5.67. The van der Waals surface area contributed by atoms with Crippen LogP contribution in [0.15, 0.2) is 18.2 Å². The zero-order chi connectivity index (χ0) is 17.9. The van der Waals surface area contributed by atoms with E-state index in [1.807, 2.05) is 0 Å². The Morgan fingerprint density at radius 3 is 2.50 bits per heavy atom. The molecule has 0 radical (unpaired) electrons. The summed E-state index contributed by atoms with van der Waals surface area (Å²) in [5, 5.41) is 11.5. The first-order valence-electron chi connectivity index (χ1n) is 7.57. The molecule has 0 saturated carbocycles. The van der Waals surface area contributed by atoms with Gasteiger partial charge in [0.2, 0.25) is 11.8 Å². The van der Waals surface area contributed by atoms with Crippen molar-refractivity contribution in [1.29, 1.82) is 0 Å². The molecule has 0 bridgehead atoms. The van der Waals surface area contributed by atoms with Gasteiger partial charge in [0.1, 0.15) is 11.7 Å². The van der Waals surface area contributed by atoms with Gasteiger partial charge in [0, 0.05) is 24.7 Å². The van der Waals surface area contributed by atoms with Gasteiger partial charge in [-0.3, -0.25) is 14.4 Å². The number of hydrogen-bond donors (Lipinski definition) is 2. The molecule has 0 aliphatic carbocycles. The van der Waals surface area contributed by atoms with Crippen LogP contribution in [-0.2, 0) is 14.4 Å². The molecule has 2 amide bonds. The number of carboxylic acid groups (broad SMARTS) is 1. The lowest BCUT2D eigenvalue weighted by Crippen LogP contribution is -2.44. The van der Waals surface area contributed by atoms with Gasteiger partial charge in [-0.1, -0.05) is 11.6 Å². The molecule has 1 atom stereocenters. The minimum Gasteiger partial charge on any atom is -0.481 e. The third-order valence-electron chi connectivity index (χ3n) is 4.11. The van der Waals surface area contributed by atoms with E-state index in [4.69, 9.17) is 16.7 Å². The number of rotatable bonds is 4. The van der Waals surface area contributed by atoms with Gasteiger partial charge >= 0.3 is 5.97 Å². The van der Waals surface area contributed by atoms with Crippen molar-refractivity contribution in [2.75, 3.05) is 18.4 Å². The van der Waals surface area contributed by atoms with Crippen LogP contribution in [0.25, 0.3) is 0 Å². The second-order valence-electron chi connectivity index (χ2n) is 5.78. The Labute approximate surface area is 143 Å². The number of nitrogens with zero attached hydrogens (tertiary/aromatic N) is 1. The summed E-state index contributed by atoms with van der Waals surface area (Å²) in [6.07, 6.45) is 0.887. The fourth-order valence-electron chi connectivity index (χ4n) is 2.56. The lowest BCUT2D eigenvalue weighted by atomic mass is 9.95. The van der Waals surface area contributed by atoms with Gasteiger partial charge in [-0.25, -0.2) is 4.39 Å². The van der Waals surface area contributed by atoms with Crippen molar-refractivity contribution in [3.8, 4) is 0 Å². The second kappa shape index (κ2) is 7.61. The van der Waals surface area contributed by atoms with Crippen LogP contribution in [0.4, 0.5) is 10.1 Å². The lowest BCUT2D eigenvalue weighted by Gasteiger charge is -2.32. The zero-order valence-electron chi connectivity index (χ0n) is 13.1. The highest BCUT2D eigenvalue weighted by atomic mass is 35.5. The Morgan fingerprint density at radius 1 is 1.33 bits per heavy atom. The van der Waals surface area contributed by atoms with Crippen molar-refractivity contribution in [3.05, 3.63) is 29.0 Å². The number of carbonyl (C=O) groups is 3. The van der Waals surface area contributed by atoms with Crippen LogP contribution in [0.3, 0.4) is 0 Å². The molecule has 1 aromatic rings. The summed E-state index contributed by atoms with van der Waals surface area (Å²) in [6.45, 7) is 2.01. The van der Waals surface area contributed by atoms with E-state index >= 15 is 0 Å². The Morgan fingerprint density at radius 2 is 1.96 bits per heavy atom. The minimum atomic E-state index is -1.16. The first-order valence-corrected chi connectivity index (χ1v) is 7.95. The fourth-order valence-corrected chi connectivity index (χ4v) is 2.74. The Kier molecular flexibility index (Phi) is 5.77. The summed E-state index contributed by atoms with van der Waals surface area (Å²) in [4.78, 5) is 36.5. The fraction of sp³-hybridized carbons (Fsp3) is 0.438. The van der Waals surface area contributed by atoms with Crippen LogP contribution in [0.2, 0.25) is 5.02 Å². The van der Waals surface area contributed by atoms with E-state index in [1.165, 1.54) is 30.0 Å². The highest BCUT2D eigenvalue weighted by Crippen LogP contribution is 2.23. The number of benzene rings is 1. The summed E-state index contributed by atoms with van der Waals surface area (Å²) in [5.41, 5.74) is 0.407. The maximum absolute atomic E-state index is 13.1. The SMILES string of the molecule is CC(C(=O)O)C(=O)N1CCC(C(=O)Nc2ccc(F)c(Cl)c2)CC1. The van der Waals surface area contributed by atoms with Gasteiger partial charge in [-0.2, -0.15) is 0 Å². The van der Waals surface area contributed by atoms with Gasteiger partial charge in [-0.05, 0) is 38.0 Å². The number of nitrogens with one attached hydrogen (secondary N) is 1. The van der Waals surface area contributed by atoms with E-state index in [1.54, 1.807) is 0 Å². The Bertz CT molecular complexity index is 659. The molecular weight excluding hydrogens is 339 g/mol. The van der Waals surface area contributed by atoms with Gasteiger partial charge in [-0.15, -0.1) is 0 Å². The Balaban J connectivity index is 1.89. The number of aliphatic carboxylic acids is 1. The Hall–Kier alpha value is -2.15.